The van der Waals surface area contributed by atoms with Crippen LogP contribution in [0.15, 0.2) is 22.9 Å². The Hall–Kier alpha value is -1.96. The number of hydrogen-bond acceptors (Lipinski definition) is 6. The molecule has 0 aliphatic carbocycles. The highest BCUT2D eigenvalue weighted by Crippen LogP contribution is 2.12. The van der Waals surface area contributed by atoms with Crippen molar-refractivity contribution in [2.75, 3.05) is 13.2 Å². The second-order valence-electron chi connectivity index (χ2n) is 3.75. The Morgan fingerprint density at radius 3 is 2.29 bits per heavy atom. The van der Waals surface area contributed by atoms with Crippen LogP contribution in [0.3, 0.4) is 0 Å². The average Bonchev–Trinajstić information content (AvgIpc) is 2.45. The summed E-state index contributed by atoms with van der Waals surface area (Å²) >= 11 is 3.12. The van der Waals surface area contributed by atoms with E-state index in [0.717, 1.165) is 0 Å². The molecular weight excluding hydrogens is 344 g/mol. The number of nitrogens with zero attached hydrogens (tertiary/aromatic N) is 1. The Morgan fingerprint density at radius 1 is 1.24 bits per heavy atom. The first-order chi connectivity index (χ1) is 10.0. The SMILES string of the molecule is CCOC(=O)C(NC(=O)c1cccnc1Br)C(=O)OCC. The van der Waals surface area contributed by atoms with Crippen molar-refractivity contribution in [3.8, 4) is 0 Å². The van der Waals surface area contributed by atoms with Crippen LogP contribution in [0.25, 0.3) is 0 Å². The molecule has 0 saturated heterocycles. The Kier molecular flexibility index (Phi) is 6.80. The molecule has 0 aromatic carbocycles. The summed E-state index contributed by atoms with van der Waals surface area (Å²) in [5.41, 5.74) is 0.191. The third-order valence-corrected chi connectivity index (χ3v) is 2.96. The highest BCUT2D eigenvalue weighted by atomic mass is 79.9. The van der Waals surface area contributed by atoms with Crippen LogP contribution in [0.5, 0.6) is 0 Å². The van der Waals surface area contributed by atoms with Gasteiger partial charge < -0.3 is 14.8 Å². The lowest BCUT2D eigenvalue weighted by atomic mass is 10.2. The Bertz CT molecular complexity index is 517. The summed E-state index contributed by atoms with van der Waals surface area (Å²) in [6.45, 7) is 3.36. The Balaban J connectivity index is 2.90. The number of pyridine rings is 1. The standard InChI is InChI=1S/C13H15BrN2O5/c1-3-20-12(18)9(13(19)21-4-2)16-11(17)8-6-5-7-15-10(8)14/h5-7,9H,3-4H2,1-2H3,(H,16,17). The summed E-state index contributed by atoms with van der Waals surface area (Å²) in [5.74, 6) is -2.38. The van der Waals surface area contributed by atoms with E-state index < -0.39 is 23.9 Å². The van der Waals surface area contributed by atoms with Gasteiger partial charge in [0.25, 0.3) is 5.91 Å². The number of nitrogens with one attached hydrogen (secondary N) is 1. The van der Waals surface area contributed by atoms with E-state index in [-0.39, 0.29) is 18.8 Å². The van der Waals surface area contributed by atoms with E-state index in [1.807, 2.05) is 0 Å². The molecule has 0 aliphatic heterocycles. The largest absolute Gasteiger partial charge is 0.464 e. The zero-order valence-corrected chi connectivity index (χ0v) is 13.2. The van der Waals surface area contributed by atoms with Crippen molar-refractivity contribution >= 4 is 33.8 Å². The van der Waals surface area contributed by atoms with Gasteiger partial charge in [0, 0.05) is 6.20 Å². The summed E-state index contributed by atoms with van der Waals surface area (Å²) in [7, 11) is 0. The molecule has 1 aromatic heterocycles. The Morgan fingerprint density at radius 2 is 1.81 bits per heavy atom. The average molecular weight is 359 g/mol. The molecule has 0 radical (unpaired) electrons. The number of aromatic nitrogens is 1. The van der Waals surface area contributed by atoms with Crippen molar-refractivity contribution in [1.29, 1.82) is 0 Å². The van der Waals surface area contributed by atoms with E-state index in [1.165, 1.54) is 12.3 Å². The summed E-state index contributed by atoms with van der Waals surface area (Å²) < 4.78 is 9.81. The van der Waals surface area contributed by atoms with Crippen molar-refractivity contribution in [1.82, 2.24) is 10.3 Å². The quantitative estimate of drug-likeness (QED) is 0.464. The molecule has 0 atom stereocenters. The second-order valence-corrected chi connectivity index (χ2v) is 4.50. The predicted octanol–water partition coefficient (Wildman–Crippen LogP) is 1.07. The topological polar surface area (TPSA) is 94.6 Å². The van der Waals surface area contributed by atoms with Gasteiger partial charge in [-0.1, -0.05) is 0 Å². The molecule has 8 heteroatoms. The first-order valence-corrected chi connectivity index (χ1v) is 7.05. The first-order valence-electron chi connectivity index (χ1n) is 6.25. The molecule has 0 unspecified atom stereocenters. The lowest BCUT2D eigenvalue weighted by molar-refractivity contribution is -0.157. The molecule has 1 heterocycles. The third-order valence-electron chi connectivity index (χ3n) is 2.32. The monoisotopic (exact) mass is 358 g/mol. The van der Waals surface area contributed by atoms with Crippen LogP contribution in [0, 0.1) is 0 Å². The van der Waals surface area contributed by atoms with E-state index >= 15 is 0 Å². The number of ether oxygens (including phenoxy) is 2. The summed E-state index contributed by atoms with van der Waals surface area (Å²) in [5, 5.41) is 2.29. The van der Waals surface area contributed by atoms with Crippen LogP contribution < -0.4 is 5.32 Å². The highest BCUT2D eigenvalue weighted by Gasteiger charge is 2.32. The van der Waals surface area contributed by atoms with E-state index in [0.29, 0.717) is 4.60 Å². The number of halogens is 1. The molecule has 0 bridgehead atoms. The molecule has 0 saturated carbocycles. The minimum Gasteiger partial charge on any atom is -0.464 e. The smallest absolute Gasteiger partial charge is 0.340 e. The van der Waals surface area contributed by atoms with Crippen molar-refractivity contribution < 1.29 is 23.9 Å². The zero-order valence-electron chi connectivity index (χ0n) is 11.6. The van der Waals surface area contributed by atoms with Gasteiger partial charge in [0.2, 0.25) is 6.04 Å². The normalized spacial score (nSPS) is 10.1. The predicted molar refractivity (Wildman–Crippen MR) is 76.5 cm³/mol. The fourth-order valence-corrected chi connectivity index (χ4v) is 1.86. The number of hydrogen-bond donors (Lipinski definition) is 1. The van der Waals surface area contributed by atoms with Crippen LogP contribution in [0.1, 0.15) is 24.2 Å². The van der Waals surface area contributed by atoms with E-state index in [4.69, 9.17) is 9.47 Å². The lowest BCUT2D eigenvalue weighted by Crippen LogP contribution is -2.48. The van der Waals surface area contributed by atoms with Crippen LogP contribution >= 0.6 is 15.9 Å². The van der Waals surface area contributed by atoms with Crippen LogP contribution in [0.4, 0.5) is 0 Å². The highest BCUT2D eigenvalue weighted by molar-refractivity contribution is 9.10. The minimum absolute atomic E-state index is 0.0845. The van der Waals surface area contributed by atoms with Gasteiger partial charge in [-0.15, -0.1) is 0 Å². The molecule has 1 N–H and O–H groups in total. The van der Waals surface area contributed by atoms with Crippen LogP contribution in [0.2, 0.25) is 0 Å². The van der Waals surface area contributed by atoms with Crippen LogP contribution in [-0.2, 0) is 19.1 Å². The number of amides is 1. The molecule has 0 fully saturated rings. The lowest BCUT2D eigenvalue weighted by Gasteiger charge is -2.16. The van der Waals surface area contributed by atoms with Gasteiger partial charge in [0.05, 0.1) is 18.8 Å². The van der Waals surface area contributed by atoms with Crippen LogP contribution in [-0.4, -0.2) is 42.1 Å². The second kappa shape index (κ2) is 8.35. The van der Waals surface area contributed by atoms with E-state index in [2.05, 4.69) is 26.2 Å². The molecule has 1 amide bonds. The maximum Gasteiger partial charge on any atom is 0.340 e. The Labute approximate surface area is 130 Å². The fourth-order valence-electron chi connectivity index (χ4n) is 1.43. The van der Waals surface area contributed by atoms with Crippen molar-refractivity contribution in [2.45, 2.75) is 19.9 Å². The van der Waals surface area contributed by atoms with E-state index in [1.54, 1.807) is 19.9 Å². The molecular formula is C13H15BrN2O5. The molecule has 1 aromatic rings. The summed E-state index contributed by atoms with van der Waals surface area (Å²) in [6.07, 6.45) is 1.50. The zero-order chi connectivity index (χ0) is 15.8. The minimum atomic E-state index is -1.51. The molecule has 0 spiro atoms. The fraction of sp³-hybridized carbons (Fsp3) is 0.385. The van der Waals surface area contributed by atoms with Gasteiger partial charge in [-0.3, -0.25) is 4.79 Å². The van der Waals surface area contributed by atoms with E-state index in [9.17, 15) is 14.4 Å². The number of rotatable bonds is 6. The maximum absolute atomic E-state index is 12.1. The molecule has 7 nitrogen and oxygen atoms in total. The van der Waals surface area contributed by atoms with Crippen molar-refractivity contribution in [3.05, 3.63) is 28.5 Å². The summed E-state index contributed by atoms with van der Waals surface area (Å²) in [6, 6.07) is 1.55. The van der Waals surface area contributed by atoms with Gasteiger partial charge in [0.15, 0.2) is 0 Å². The van der Waals surface area contributed by atoms with Gasteiger partial charge in [0.1, 0.15) is 4.60 Å². The maximum atomic E-state index is 12.1. The molecule has 21 heavy (non-hydrogen) atoms. The number of esters is 2. The molecule has 1 rings (SSSR count). The summed E-state index contributed by atoms with van der Waals surface area (Å²) in [4.78, 5) is 39.5. The van der Waals surface area contributed by atoms with Crippen molar-refractivity contribution in [2.24, 2.45) is 0 Å². The molecule has 114 valence electrons. The molecule has 0 aliphatic rings. The van der Waals surface area contributed by atoms with Gasteiger partial charge in [-0.05, 0) is 41.9 Å². The van der Waals surface area contributed by atoms with Gasteiger partial charge >= 0.3 is 11.9 Å². The first kappa shape index (κ1) is 17.1. The number of carbonyl (C=O) groups excluding carboxylic acids is 3. The van der Waals surface area contributed by atoms with Gasteiger partial charge in [-0.25, -0.2) is 14.6 Å². The van der Waals surface area contributed by atoms with Crippen molar-refractivity contribution in [3.63, 3.8) is 0 Å². The van der Waals surface area contributed by atoms with Gasteiger partial charge in [-0.2, -0.15) is 0 Å². The third kappa shape index (κ3) is 4.82. The number of carbonyl (C=O) groups is 3.